The SMILES string of the molecule is CC(OC(=O)c1ccc2nc(-c3ccccc3)c(-c3ccccc3)nc2c1)C(=O)Nc1nccs1. The summed E-state index contributed by atoms with van der Waals surface area (Å²) in [4.78, 5) is 38.8. The summed E-state index contributed by atoms with van der Waals surface area (Å²) in [5, 5.41) is 4.82. The zero-order valence-corrected chi connectivity index (χ0v) is 19.5. The van der Waals surface area contributed by atoms with Crippen LogP contribution in [0.25, 0.3) is 33.5 Å². The van der Waals surface area contributed by atoms with Gasteiger partial charge in [0.05, 0.1) is 28.0 Å². The number of esters is 1. The molecule has 7 nitrogen and oxygen atoms in total. The van der Waals surface area contributed by atoms with Gasteiger partial charge >= 0.3 is 5.97 Å². The molecule has 0 aliphatic rings. The quantitative estimate of drug-likeness (QED) is 0.318. The first-order chi connectivity index (χ1) is 17.1. The first-order valence-corrected chi connectivity index (χ1v) is 11.8. The molecule has 172 valence electrons. The molecule has 35 heavy (non-hydrogen) atoms. The van der Waals surface area contributed by atoms with Crippen molar-refractivity contribution in [2.75, 3.05) is 5.32 Å². The Morgan fingerprint density at radius 2 is 1.49 bits per heavy atom. The molecule has 0 saturated heterocycles. The maximum Gasteiger partial charge on any atom is 0.338 e. The molecule has 5 rings (SSSR count). The van der Waals surface area contributed by atoms with Crippen molar-refractivity contribution < 1.29 is 14.3 Å². The highest BCUT2D eigenvalue weighted by molar-refractivity contribution is 7.13. The van der Waals surface area contributed by atoms with E-state index in [2.05, 4.69) is 10.3 Å². The van der Waals surface area contributed by atoms with E-state index in [0.29, 0.717) is 21.9 Å². The molecule has 2 heterocycles. The molecule has 1 unspecified atom stereocenters. The molecule has 3 aromatic carbocycles. The lowest BCUT2D eigenvalue weighted by Crippen LogP contribution is -2.29. The number of amides is 1. The minimum atomic E-state index is -0.992. The molecule has 0 spiro atoms. The number of carbonyl (C=O) groups is 2. The van der Waals surface area contributed by atoms with Crippen LogP contribution in [0.1, 0.15) is 17.3 Å². The molecule has 0 saturated carbocycles. The first kappa shape index (κ1) is 22.4. The zero-order chi connectivity index (χ0) is 24.2. The fourth-order valence-electron chi connectivity index (χ4n) is 3.55. The van der Waals surface area contributed by atoms with Gasteiger partial charge in [-0.15, -0.1) is 11.3 Å². The number of aromatic nitrogens is 3. The van der Waals surface area contributed by atoms with Crippen LogP contribution < -0.4 is 5.32 Å². The van der Waals surface area contributed by atoms with Gasteiger partial charge in [-0.05, 0) is 25.1 Å². The Morgan fingerprint density at radius 1 is 0.857 bits per heavy atom. The van der Waals surface area contributed by atoms with E-state index in [1.165, 1.54) is 18.3 Å². The third-order valence-electron chi connectivity index (χ3n) is 5.31. The Morgan fingerprint density at radius 3 is 2.09 bits per heavy atom. The summed E-state index contributed by atoms with van der Waals surface area (Å²) in [6.45, 7) is 1.52. The Balaban J connectivity index is 1.46. The third-order valence-corrected chi connectivity index (χ3v) is 6.00. The predicted molar refractivity (Wildman–Crippen MR) is 136 cm³/mol. The number of carbonyl (C=O) groups excluding carboxylic acids is 2. The van der Waals surface area contributed by atoms with Gasteiger partial charge in [-0.25, -0.2) is 19.7 Å². The van der Waals surface area contributed by atoms with Crippen LogP contribution in [0.5, 0.6) is 0 Å². The highest BCUT2D eigenvalue weighted by atomic mass is 32.1. The molecule has 2 aromatic heterocycles. The van der Waals surface area contributed by atoms with Gasteiger partial charge in [0.15, 0.2) is 11.2 Å². The second kappa shape index (κ2) is 9.82. The average molecular weight is 481 g/mol. The summed E-state index contributed by atoms with van der Waals surface area (Å²) in [5.41, 5.74) is 4.82. The van der Waals surface area contributed by atoms with Gasteiger partial charge in [0.1, 0.15) is 0 Å². The van der Waals surface area contributed by atoms with Gasteiger partial charge in [-0.1, -0.05) is 60.7 Å². The van der Waals surface area contributed by atoms with Crippen LogP contribution in [0.4, 0.5) is 5.13 Å². The van der Waals surface area contributed by atoms with Crippen molar-refractivity contribution in [1.82, 2.24) is 15.0 Å². The van der Waals surface area contributed by atoms with E-state index in [9.17, 15) is 9.59 Å². The lowest BCUT2D eigenvalue weighted by Gasteiger charge is -2.13. The highest BCUT2D eigenvalue weighted by Crippen LogP contribution is 2.31. The first-order valence-electron chi connectivity index (χ1n) is 10.9. The summed E-state index contributed by atoms with van der Waals surface area (Å²) in [5.74, 6) is -1.07. The fraction of sp³-hybridized carbons (Fsp3) is 0.0741. The molecule has 0 bridgehead atoms. The summed E-state index contributed by atoms with van der Waals surface area (Å²) in [7, 11) is 0. The molecule has 5 aromatic rings. The van der Waals surface area contributed by atoms with Gasteiger partial charge in [0, 0.05) is 22.7 Å². The van der Waals surface area contributed by atoms with Gasteiger partial charge in [0.25, 0.3) is 5.91 Å². The number of thiazole rings is 1. The molecule has 8 heteroatoms. The van der Waals surface area contributed by atoms with Crippen molar-refractivity contribution in [3.63, 3.8) is 0 Å². The second-order valence-corrected chi connectivity index (χ2v) is 8.62. The predicted octanol–water partition coefficient (Wildman–Crippen LogP) is 5.60. The average Bonchev–Trinajstić information content (AvgIpc) is 3.41. The lowest BCUT2D eigenvalue weighted by molar-refractivity contribution is -0.123. The lowest BCUT2D eigenvalue weighted by atomic mass is 10.0. The van der Waals surface area contributed by atoms with E-state index in [1.807, 2.05) is 60.7 Å². The number of hydrogen-bond donors (Lipinski definition) is 1. The number of hydrogen-bond acceptors (Lipinski definition) is 7. The van der Waals surface area contributed by atoms with E-state index in [-0.39, 0.29) is 5.56 Å². The number of nitrogens with one attached hydrogen (secondary N) is 1. The van der Waals surface area contributed by atoms with Crippen molar-refractivity contribution in [3.8, 4) is 22.5 Å². The monoisotopic (exact) mass is 480 g/mol. The molecule has 1 atom stereocenters. The van der Waals surface area contributed by atoms with E-state index >= 15 is 0 Å². The zero-order valence-electron chi connectivity index (χ0n) is 18.7. The van der Waals surface area contributed by atoms with Gasteiger partial charge < -0.3 is 4.74 Å². The molecule has 0 radical (unpaired) electrons. The van der Waals surface area contributed by atoms with Gasteiger partial charge in [-0.2, -0.15) is 0 Å². The van der Waals surface area contributed by atoms with E-state index in [0.717, 1.165) is 16.8 Å². The van der Waals surface area contributed by atoms with E-state index in [4.69, 9.17) is 14.7 Å². The van der Waals surface area contributed by atoms with Crippen molar-refractivity contribution in [3.05, 3.63) is 96.0 Å². The van der Waals surface area contributed by atoms with Crippen LogP contribution in [-0.4, -0.2) is 32.9 Å². The number of nitrogens with zero attached hydrogens (tertiary/aromatic N) is 3. The van der Waals surface area contributed by atoms with E-state index in [1.54, 1.807) is 29.8 Å². The molecular formula is C27H20N4O3S. The molecule has 1 amide bonds. The summed E-state index contributed by atoms with van der Waals surface area (Å²) in [6, 6.07) is 24.6. The summed E-state index contributed by atoms with van der Waals surface area (Å²) in [6.07, 6.45) is 0.591. The fourth-order valence-corrected chi connectivity index (χ4v) is 4.08. The minimum absolute atomic E-state index is 0.284. The van der Waals surface area contributed by atoms with Crippen LogP contribution in [0.15, 0.2) is 90.4 Å². The Kier molecular flexibility index (Phi) is 6.28. The topological polar surface area (TPSA) is 94.1 Å². The van der Waals surface area contributed by atoms with Crippen molar-refractivity contribution in [2.24, 2.45) is 0 Å². The Bertz CT molecular complexity index is 1490. The standard InChI is InChI=1S/C27H20N4O3S/c1-17(25(32)31-27-28-14-15-35-27)34-26(33)20-12-13-21-22(16-20)30-24(19-10-6-3-7-11-19)23(29-21)18-8-4-2-5-9-18/h2-17H,1H3,(H,28,31,32). The number of anilines is 1. The van der Waals surface area contributed by atoms with Crippen LogP contribution in [0.2, 0.25) is 0 Å². The van der Waals surface area contributed by atoms with E-state index < -0.39 is 18.0 Å². The molecule has 0 aliphatic heterocycles. The smallest absolute Gasteiger partial charge is 0.338 e. The number of rotatable bonds is 6. The van der Waals surface area contributed by atoms with Crippen LogP contribution in [0.3, 0.4) is 0 Å². The third kappa shape index (κ3) is 4.92. The number of benzene rings is 3. The van der Waals surface area contributed by atoms with Crippen LogP contribution >= 0.6 is 11.3 Å². The Hall–Kier alpha value is -4.43. The minimum Gasteiger partial charge on any atom is -0.449 e. The summed E-state index contributed by atoms with van der Waals surface area (Å²) >= 11 is 1.29. The van der Waals surface area contributed by atoms with Crippen molar-refractivity contribution in [1.29, 1.82) is 0 Å². The molecule has 1 N–H and O–H groups in total. The molecule has 0 fully saturated rings. The molecule has 0 aliphatic carbocycles. The maximum absolute atomic E-state index is 12.8. The highest BCUT2D eigenvalue weighted by Gasteiger charge is 2.21. The van der Waals surface area contributed by atoms with Crippen molar-refractivity contribution in [2.45, 2.75) is 13.0 Å². The van der Waals surface area contributed by atoms with Gasteiger partial charge in [-0.3, -0.25) is 10.1 Å². The van der Waals surface area contributed by atoms with Gasteiger partial charge in [0.2, 0.25) is 0 Å². The Labute approximate surface area is 205 Å². The molecular weight excluding hydrogens is 460 g/mol. The second-order valence-electron chi connectivity index (χ2n) is 7.73. The maximum atomic E-state index is 12.8. The van der Waals surface area contributed by atoms with Crippen LogP contribution in [0, 0.1) is 0 Å². The van der Waals surface area contributed by atoms with Crippen LogP contribution in [-0.2, 0) is 9.53 Å². The largest absolute Gasteiger partial charge is 0.449 e. The summed E-state index contributed by atoms with van der Waals surface area (Å²) < 4.78 is 5.38. The van der Waals surface area contributed by atoms with Crippen molar-refractivity contribution >= 4 is 39.4 Å². The normalized spacial score (nSPS) is 11.7. The number of fused-ring (bicyclic) bond motifs is 1. The number of ether oxygens (including phenoxy) is 1.